The highest BCUT2D eigenvalue weighted by Crippen LogP contribution is 2.39. The van der Waals surface area contributed by atoms with Gasteiger partial charge in [-0.25, -0.2) is 13.3 Å². The van der Waals surface area contributed by atoms with Crippen molar-refractivity contribution in [1.82, 2.24) is 24.4 Å². The van der Waals surface area contributed by atoms with Crippen molar-refractivity contribution >= 4 is 23.2 Å². The molecule has 230 valence electrons. The molecular formula is C30H33F5N6O2. The number of ether oxygens (including phenoxy) is 1. The Morgan fingerprint density at radius 3 is 2.49 bits per heavy atom. The summed E-state index contributed by atoms with van der Waals surface area (Å²) in [6.07, 6.45) is -4.35. The molecule has 0 unspecified atom stereocenters. The van der Waals surface area contributed by atoms with E-state index in [1.165, 1.54) is 10.6 Å². The highest BCUT2D eigenvalue weighted by Gasteiger charge is 2.32. The summed E-state index contributed by atoms with van der Waals surface area (Å²) in [4.78, 5) is 20.1. The second-order valence-electron chi connectivity index (χ2n) is 10.3. The number of hydrogen-bond acceptors (Lipinski definition) is 6. The molecule has 1 N–H and O–H groups in total. The van der Waals surface area contributed by atoms with E-state index >= 15 is 0 Å². The van der Waals surface area contributed by atoms with Crippen LogP contribution in [0.25, 0.3) is 16.8 Å². The maximum atomic E-state index is 13.5. The lowest BCUT2D eigenvalue weighted by Gasteiger charge is -2.20. The van der Waals surface area contributed by atoms with Gasteiger partial charge < -0.3 is 15.0 Å². The molecule has 0 bridgehead atoms. The maximum absolute atomic E-state index is 13.5. The molecule has 0 aliphatic rings. The molecule has 1 amide bonds. The second kappa shape index (κ2) is 13.4. The number of aryl methyl sites for hydroxylation is 1. The molecule has 8 nitrogen and oxygen atoms in total. The van der Waals surface area contributed by atoms with Gasteiger partial charge in [0.1, 0.15) is 12.4 Å². The Morgan fingerprint density at radius 1 is 1.05 bits per heavy atom. The molecule has 0 aliphatic heterocycles. The minimum atomic E-state index is -4.65. The third-order valence-corrected chi connectivity index (χ3v) is 6.83. The first-order valence-electron chi connectivity index (χ1n) is 13.6. The van der Waals surface area contributed by atoms with Crippen LogP contribution in [-0.4, -0.2) is 77.6 Å². The number of nitrogens with zero attached hydrogens (tertiary/aromatic N) is 5. The number of aromatic nitrogens is 3. The summed E-state index contributed by atoms with van der Waals surface area (Å²) >= 11 is 0. The number of carbonyl (C=O) groups excluding carboxylic acids is 1. The Bertz CT molecular complexity index is 1570. The molecular weight excluding hydrogens is 571 g/mol. The van der Waals surface area contributed by atoms with Crippen molar-refractivity contribution in [3.8, 4) is 16.9 Å². The molecule has 2 aromatic carbocycles. The van der Waals surface area contributed by atoms with Gasteiger partial charge >= 0.3 is 6.18 Å². The number of hydrogen-bond donors (Lipinski definition) is 1. The largest absolute Gasteiger partial charge is 0.487 e. The van der Waals surface area contributed by atoms with Crippen molar-refractivity contribution < 1.29 is 31.5 Å². The van der Waals surface area contributed by atoms with E-state index in [1.54, 1.807) is 31.3 Å². The van der Waals surface area contributed by atoms with E-state index in [4.69, 9.17) is 4.74 Å². The SMILES string of the molecule is CCc1ccc(Nc2nc3c(-c4cc(C(F)(F)F)ccc4OCC(F)F)cccn3n2)cc1CCN(C)CC(=O)N(C)C. The van der Waals surface area contributed by atoms with Crippen molar-refractivity contribution in [2.45, 2.75) is 32.4 Å². The summed E-state index contributed by atoms with van der Waals surface area (Å²) in [7, 11) is 5.33. The average Bonchev–Trinajstić information content (AvgIpc) is 3.37. The summed E-state index contributed by atoms with van der Waals surface area (Å²) in [5.74, 6) is 0.0816. The van der Waals surface area contributed by atoms with Gasteiger partial charge in [0.2, 0.25) is 11.9 Å². The molecule has 2 aromatic heterocycles. The van der Waals surface area contributed by atoms with Crippen molar-refractivity contribution in [3.05, 3.63) is 71.4 Å². The topological polar surface area (TPSA) is 75.0 Å². The fourth-order valence-corrected chi connectivity index (χ4v) is 4.54. The van der Waals surface area contributed by atoms with E-state index in [2.05, 4.69) is 22.3 Å². The van der Waals surface area contributed by atoms with Crippen LogP contribution in [0.15, 0.2) is 54.7 Å². The van der Waals surface area contributed by atoms with Gasteiger partial charge in [-0.3, -0.25) is 9.69 Å². The number of carbonyl (C=O) groups is 1. The van der Waals surface area contributed by atoms with Crippen LogP contribution < -0.4 is 10.1 Å². The summed E-state index contributed by atoms with van der Waals surface area (Å²) in [5.41, 5.74) is 2.41. The van der Waals surface area contributed by atoms with Crippen molar-refractivity contribution in [1.29, 1.82) is 0 Å². The zero-order valence-electron chi connectivity index (χ0n) is 24.3. The van der Waals surface area contributed by atoms with Crippen LogP contribution in [-0.2, 0) is 23.8 Å². The third-order valence-electron chi connectivity index (χ3n) is 6.83. The van der Waals surface area contributed by atoms with Crippen LogP contribution >= 0.6 is 0 Å². The highest BCUT2D eigenvalue weighted by atomic mass is 19.4. The number of amides is 1. The van der Waals surface area contributed by atoms with Crippen LogP contribution in [0.3, 0.4) is 0 Å². The Hall–Kier alpha value is -4.26. The number of halogens is 5. The van der Waals surface area contributed by atoms with E-state index in [0.717, 1.165) is 35.7 Å². The van der Waals surface area contributed by atoms with Gasteiger partial charge in [0.15, 0.2) is 5.65 Å². The number of nitrogens with one attached hydrogen (secondary N) is 1. The van der Waals surface area contributed by atoms with Gasteiger partial charge in [-0.1, -0.05) is 13.0 Å². The maximum Gasteiger partial charge on any atom is 0.416 e. The number of rotatable bonds is 12. The van der Waals surface area contributed by atoms with Gasteiger partial charge in [-0.15, -0.1) is 5.10 Å². The first kappa shape index (κ1) is 31.7. The van der Waals surface area contributed by atoms with Crippen molar-refractivity contribution in [3.63, 3.8) is 0 Å². The number of alkyl halides is 5. The van der Waals surface area contributed by atoms with E-state index in [0.29, 0.717) is 25.2 Å². The molecule has 0 fully saturated rings. The first-order valence-corrected chi connectivity index (χ1v) is 13.6. The zero-order valence-corrected chi connectivity index (χ0v) is 24.3. The van der Waals surface area contributed by atoms with Crippen LogP contribution in [0.2, 0.25) is 0 Å². The number of benzene rings is 2. The monoisotopic (exact) mass is 604 g/mol. The van der Waals surface area contributed by atoms with Crippen LogP contribution in [0.1, 0.15) is 23.6 Å². The van der Waals surface area contributed by atoms with E-state index in [-0.39, 0.29) is 34.4 Å². The first-order chi connectivity index (χ1) is 20.3. The molecule has 4 aromatic rings. The smallest absolute Gasteiger partial charge is 0.416 e. The molecule has 4 rings (SSSR count). The summed E-state index contributed by atoms with van der Waals surface area (Å²) in [6, 6.07) is 11.7. The van der Waals surface area contributed by atoms with Crippen LogP contribution in [0.4, 0.5) is 33.6 Å². The molecule has 0 atom stereocenters. The van der Waals surface area contributed by atoms with Gasteiger partial charge in [0.25, 0.3) is 6.43 Å². The molecule has 0 saturated carbocycles. The standard InChI is InChI=1S/C30H33F5N6O2/c1-5-19-8-10-22(15-20(19)12-14-40(4)17-27(42)39(2)3)36-29-37-28-23(7-6-13-41(28)38-29)24-16-21(30(33,34)35)9-11-25(24)43-18-26(31)32/h6-11,13,15-16,26H,5,12,14,17-18H2,1-4H3,(H,36,38). The molecule has 0 saturated heterocycles. The number of likely N-dealkylation sites (N-methyl/N-ethyl adjacent to an activating group) is 2. The fraction of sp³-hybridized carbons (Fsp3) is 0.367. The number of fused-ring (bicyclic) bond motifs is 1. The molecule has 2 heterocycles. The van der Waals surface area contributed by atoms with Gasteiger partial charge in [0.05, 0.1) is 12.1 Å². The number of pyridine rings is 1. The Morgan fingerprint density at radius 2 is 1.81 bits per heavy atom. The predicted octanol–water partition coefficient (Wildman–Crippen LogP) is 5.93. The predicted molar refractivity (Wildman–Crippen MR) is 154 cm³/mol. The molecule has 0 spiro atoms. The lowest BCUT2D eigenvalue weighted by Crippen LogP contribution is -2.35. The summed E-state index contributed by atoms with van der Waals surface area (Å²) in [6.45, 7) is 2.06. The van der Waals surface area contributed by atoms with E-state index < -0.39 is 24.8 Å². The average molecular weight is 605 g/mol. The minimum absolute atomic E-state index is 0.0174. The Labute approximate surface area is 246 Å². The molecule has 43 heavy (non-hydrogen) atoms. The summed E-state index contributed by atoms with van der Waals surface area (Å²) < 4.78 is 72.9. The van der Waals surface area contributed by atoms with Gasteiger partial charge in [-0.2, -0.15) is 18.2 Å². The minimum Gasteiger partial charge on any atom is -0.487 e. The fourth-order valence-electron chi connectivity index (χ4n) is 4.54. The lowest BCUT2D eigenvalue weighted by molar-refractivity contribution is -0.137. The normalized spacial score (nSPS) is 11.9. The highest BCUT2D eigenvalue weighted by molar-refractivity contribution is 5.82. The number of anilines is 2. The quantitative estimate of drug-likeness (QED) is 0.202. The molecule has 13 heteroatoms. The zero-order chi connectivity index (χ0) is 31.3. The van der Waals surface area contributed by atoms with Crippen LogP contribution in [0.5, 0.6) is 5.75 Å². The summed E-state index contributed by atoms with van der Waals surface area (Å²) in [5, 5.41) is 7.59. The lowest BCUT2D eigenvalue weighted by atomic mass is 10.0. The van der Waals surface area contributed by atoms with Gasteiger partial charge in [-0.05, 0) is 73.5 Å². The van der Waals surface area contributed by atoms with Crippen molar-refractivity contribution in [2.75, 3.05) is 46.2 Å². The van der Waals surface area contributed by atoms with E-state index in [9.17, 15) is 26.7 Å². The Balaban J connectivity index is 1.63. The Kier molecular flexibility index (Phi) is 9.84. The van der Waals surface area contributed by atoms with E-state index in [1.807, 2.05) is 30.1 Å². The second-order valence-corrected chi connectivity index (χ2v) is 10.3. The molecule has 0 radical (unpaired) electrons. The van der Waals surface area contributed by atoms with Gasteiger partial charge in [0, 0.05) is 43.7 Å². The molecule has 0 aliphatic carbocycles. The van der Waals surface area contributed by atoms with Crippen molar-refractivity contribution in [2.24, 2.45) is 0 Å². The third kappa shape index (κ3) is 7.98. The van der Waals surface area contributed by atoms with Crippen LogP contribution in [0, 0.1) is 0 Å².